The van der Waals surface area contributed by atoms with Crippen molar-refractivity contribution >= 4 is 62.7 Å². The van der Waals surface area contributed by atoms with Gasteiger partial charge in [0.05, 0.1) is 11.9 Å². The molecule has 9 rings (SSSR count). The Morgan fingerprint density at radius 3 is 2.12 bits per heavy atom. The van der Waals surface area contributed by atoms with Crippen LogP contribution < -0.4 is 20.6 Å². The van der Waals surface area contributed by atoms with Crippen LogP contribution in [0, 0.1) is 18.8 Å². The van der Waals surface area contributed by atoms with Gasteiger partial charge in [-0.3, -0.25) is 4.98 Å². The number of hydrogen-bond donors (Lipinski definition) is 0. The molecule has 0 radical (unpaired) electrons. The number of fused-ring (bicyclic) bond motifs is 12. The SMILES string of the molecule is CN1[CH-]N(c2[c-]c3c(cc2)-c2ccccc2B2c4ccccc4-c4ccc(-c5nc6ccccc6s5)[c-]c4N23)C=N1.[Pd]. The second kappa shape index (κ2) is 9.67. The van der Waals surface area contributed by atoms with Crippen molar-refractivity contribution in [1.29, 1.82) is 0 Å². The maximum atomic E-state index is 4.96. The molecule has 1 aromatic heterocycles. The molecule has 0 unspecified atom stereocenters. The third-order valence-corrected chi connectivity index (χ3v) is 9.19. The van der Waals surface area contributed by atoms with Crippen LogP contribution in [0.25, 0.3) is 43.0 Å². The molecule has 6 aromatic rings. The van der Waals surface area contributed by atoms with Crippen molar-refractivity contribution in [3.8, 4) is 32.8 Å². The van der Waals surface area contributed by atoms with Crippen LogP contribution >= 0.6 is 11.3 Å². The van der Waals surface area contributed by atoms with Gasteiger partial charge in [-0.1, -0.05) is 99.7 Å². The van der Waals surface area contributed by atoms with E-state index in [2.05, 4.69) is 113 Å². The van der Waals surface area contributed by atoms with E-state index in [1.807, 2.05) is 31.0 Å². The van der Waals surface area contributed by atoms with Crippen LogP contribution in [0.5, 0.6) is 0 Å². The fourth-order valence-electron chi connectivity index (χ4n) is 6.31. The maximum Gasteiger partial charge on any atom is 0.324 e. The molecule has 3 aliphatic rings. The molecular formula is C34H21BN5PdS-3. The molecule has 4 heterocycles. The summed E-state index contributed by atoms with van der Waals surface area (Å²) in [6.45, 7) is 1.96. The monoisotopic (exact) mass is 648 g/mol. The van der Waals surface area contributed by atoms with Crippen molar-refractivity contribution < 1.29 is 20.4 Å². The topological polar surface area (TPSA) is 35.0 Å². The van der Waals surface area contributed by atoms with Gasteiger partial charge in [-0.05, 0) is 19.2 Å². The third-order valence-electron chi connectivity index (χ3n) is 8.12. The number of para-hydroxylation sites is 1. The van der Waals surface area contributed by atoms with E-state index in [1.165, 1.54) is 32.3 Å². The van der Waals surface area contributed by atoms with E-state index in [4.69, 9.17) is 4.98 Å². The van der Waals surface area contributed by atoms with E-state index in [0.717, 1.165) is 38.7 Å². The first-order chi connectivity index (χ1) is 20.2. The molecule has 0 spiro atoms. The molecule has 0 saturated carbocycles. The molecule has 42 heavy (non-hydrogen) atoms. The minimum absolute atomic E-state index is 0. The summed E-state index contributed by atoms with van der Waals surface area (Å²) in [5.74, 6) is 0. The van der Waals surface area contributed by atoms with Crippen LogP contribution in [0.3, 0.4) is 0 Å². The molecule has 3 aliphatic heterocycles. The molecule has 0 aliphatic carbocycles. The Balaban J connectivity index is 0.00000267. The molecule has 0 saturated heterocycles. The van der Waals surface area contributed by atoms with Gasteiger partial charge < -0.3 is 14.7 Å². The summed E-state index contributed by atoms with van der Waals surface area (Å²) in [6, 6.07) is 42.2. The summed E-state index contributed by atoms with van der Waals surface area (Å²) >= 11 is 1.71. The fourth-order valence-corrected chi connectivity index (χ4v) is 7.26. The molecule has 0 atom stereocenters. The van der Waals surface area contributed by atoms with Crippen LogP contribution in [0.1, 0.15) is 0 Å². The maximum absolute atomic E-state index is 4.96. The van der Waals surface area contributed by atoms with Crippen molar-refractivity contribution in [3.05, 3.63) is 116 Å². The zero-order valence-electron chi connectivity index (χ0n) is 22.4. The average molecular weight is 649 g/mol. The van der Waals surface area contributed by atoms with Gasteiger partial charge in [-0.15, -0.1) is 53.8 Å². The van der Waals surface area contributed by atoms with E-state index in [-0.39, 0.29) is 27.3 Å². The Kier molecular flexibility index (Phi) is 5.87. The van der Waals surface area contributed by atoms with Crippen molar-refractivity contribution in [3.63, 3.8) is 0 Å². The number of benzene rings is 5. The third kappa shape index (κ3) is 3.73. The molecule has 204 valence electrons. The summed E-state index contributed by atoms with van der Waals surface area (Å²) in [5, 5.41) is 7.16. The van der Waals surface area contributed by atoms with Crippen LogP contribution in [-0.4, -0.2) is 30.2 Å². The largest absolute Gasteiger partial charge is 0.483 e. The second-order valence-electron chi connectivity index (χ2n) is 10.5. The van der Waals surface area contributed by atoms with E-state index < -0.39 is 0 Å². The Labute approximate surface area is 262 Å². The number of hydrazone groups is 1. The second-order valence-corrected chi connectivity index (χ2v) is 11.5. The van der Waals surface area contributed by atoms with Gasteiger partial charge in [0.15, 0.2) is 0 Å². The number of rotatable bonds is 2. The van der Waals surface area contributed by atoms with Crippen LogP contribution in [-0.2, 0) is 20.4 Å². The van der Waals surface area contributed by atoms with Crippen molar-refractivity contribution in [2.75, 3.05) is 16.8 Å². The molecule has 5 nitrogen and oxygen atoms in total. The normalized spacial score (nSPS) is 14.2. The van der Waals surface area contributed by atoms with Crippen LogP contribution in [0.15, 0.2) is 102 Å². The standard InChI is InChI=1S/C34H21BN5S.Pd/c1-38-21-39(20-36-38)23-15-17-27-25-9-3-5-11-29(25)35-28-10-4-2-8-24(28)26-16-14-22(18-31(26)40(35)32(27)19-23)34-37-30-12-6-7-13-33(30)41-34;/h2-17,20-21H,1H3;/q-3;. The van der Waals surface area contributed by atoms with E-state index >= 15 is 0 Å². The van der Waals surface area contributed by atoms with Gasteiger partial charge >= 0.3 is 6.85 Å². The zero-order valence-corrected chi connectivity index (χ0v) is 24.8. The summed E-state index contributed by atoms with van der Waals surface area (Å²) in [4.78, 5) is 9.41. The minimum Gasteiger partial charge on any atom is -0.483 e. The Hall–Kier alpha value is -4.21. The average Bonchev–Trinajstić information content (AvgIpc) is 3.67. The predicted octanol–water partition coefficient (Wildman–Crippen LogP) is 6.28. The Morgan fingerprint density at radius 2 is 1.40 bits per heavy atom. The van der Waals surface area contributed by atoms with E-state index in [9.17, 15) is 0 Å². The number of anilines is 3. The first-order valence-electron chi connectivity index (χ1n) is 13.6. The van der Waals surface area contributed by atoms with Crippen molar-refractivity contribution in [1.82, 2.24) is 9.99 Å². The first-order valence-corrected chi connectivity index (χ1v) is 14.4. The summed E-state index contributed by atoms with van der Waals surface area (Å²) in [5.41, 5.74) is 12.4. The number of hydrogen-bond acceptors (Lipinski definition) is 6. The molecule has 8 heteroatoms. The quantitative estimate of drug-likeness (QED) is 0.164. The minimum atomic E-state index is -0.00494. The van der Waals surface area contributed by atoms with Crippen LogP contribution in [0.4, 0.5) is 17.1 Å². The number of nitrogens with zero attached hydrogens (tertiary/aromatic N) is 5. The molecule has 0 N–H and O–H groups in total. The van der Waals surface area contributed by atoms with Crippen molar-refractivity contribution in [2.24, 2.45) is 5.10 Å². The summed E-state index contributed by atoms with van der Waals surface area (Å²) < 4.78 is 1.18. The first kappa shape index (κ1) is 25.5. The number of aromatic nitrogens is 1. The molecule has 5 aromatic carbocycles. The van der Waals surface area contributed by atoms with Gasteiger partial charge in [-0.25, -0.2) is 5.10 Å². The Bertz CT molecular complexity index is 2020. The molecule has 0 fully saturated rings. The molecule has 0 bridgehead atoms. The smallest absolute Gasteiger partial charge is 0.324 e. The van der Waals surface area contributed by atoms with Gasteiger partial charge in [0.1, 0.15) is 0 Å². The van der Waals surface area contributed by atoms with Crippen molar-refractivity contribution in [2.45, 2.75) is 0 Å². The van der Waals surface area contributed by atoms with Gasteiger partial charge in [0, 0.05) is 30.1 Å². The predicted molar refractivity (Wildman–Crippen MR) is 170 cm³/mol. The zero-order chi connectivity index (χ0) is 27.1. The van der Waals surface area contributed by atoms with Gasteiger partial charge in [0.25, 0.3) is 0 Å². The van der Waals surface area contributed by atoms with E-state index in [0.29, 0.717) is 0 Å². The summed E-state index contributed by atoms with van der Waals surface area (Å²) in [7, 11) is 1.93. The van der Waals surface area contributed by atoms with Gasteiger partial charge in [0.2, 0.25) is 0 Å². The van der Waals surface area contributed by atoms with E-state index in [1.54, 1.807) is 16.3 Å². The fraction of sp³-hybridized carbons (Fsp3) is 0.0294. The Morgan fingerprint density at radius 1 is 0.738 bits per heavy atom. The van der Waals surface area contributed by atoms with Gasteiger partial charge in [-0.2, -0.15) is 17.4 Å². The number of thiazole rings is 1. The summed E-state index contributed by atoms with van der Waals surface area (Å²) in [6.07, 6.45) is 1.82. The molecular weight excluding hydrogens is 628 g/mol. The van der Waals surface area contributed by atoms with Crippen LogP contribution in [0.2, 0.25) is 0 Å². The molecule has 0 amide bonds.